The van der Waals surface area contributed by atoms with Crippen LogP contribution in [0.15, 0.2) is 12.4 Å². The molecule has 0 unspecified atom stereocenters. The van der Waals surface area contributed by atoms with Gasteiger partial charge in [0, 0.05) is 0 Å². The quantitative estimate of drug-likeness (QED) is 0.609. The lowest BCUT2D eigenvalue weighted by atomic mass is 10.6. The molecular formula is C6H10N4. The fraction of sp³-hybridized carbons (Fsp3) is 0.333. The predicted molar refractivity (Wildman–Crippen MR) is 38.9 cm³/mol. The minimum absolute atomic E-state index is 0.598. The summed E-state index contributed by atoms with van der Waals surface area (Å²) in [5, 5.41) is 3.99. The fourth-order valence-electron chi connectivity index (χ4n) is 0.602. The normalized spacial score (nSPS) is 12.0. The second-order valence-corrected chi connectivity index (χ2v) is 1.95. The maximum atomic E-state index is 5.53. The standard InChI is InChI=1S/C6H10N4/c1-3-6(7)10-4-8-5(2)9-10/h3-4H,7H2,1-2H3. The van der Waals surface area contributed by atoms with Crippen LogP contribution >= 0.6 is 0 Å². The summed E-state index contributed by atoms with van der Waals surface area (Å²) >= 11 is 0. The van der Waals surface area contributed by atoms with Crippen molar-refractivity contribution in [1.29, 1.82) is 0 Å². The van der Waals surface area contributed by atoms with Crippen LogP contribution in [0.5, 0.6) is 0 Å². The molecule has 0 radical (unpaired) electrons. The van der Waals surface area contributed by atoms with Crippen LogP contribution in [0.3, 0.4) is 0 Å². The molecule has 0 aliphatic heterocycles. The molecule has 4 nitrogen and oxygen atoms in total. The van der Waals surface area contributed by atoms with Gasteiger partial charge >= 0.3 is 0 Å². The molecule has 0 bridgehead atoms. The summed E-state index contributed by atoms with van der Waals surface area (Å²) in [7, 11) is 0. The van der Waals surface area contributed by atoms with E-state index in [0.717, 1.165) is 5.82 Å². The van der Waals surface area contributed by atoms with Crippen LogP contribution in [0.4, 0.5) is 0 Å². The highest BCUT2D eigenvalue weighted by atomic mass is 15.4. The first-order valence-electron chi connectivity index (χ1n) is 3.04. The highest BCUT2D eigenvalue weighted by Crippen LogP contribution is 1.92. The van der Waals surface area contributed by atoms with Gasteiger partial charge in [0.2, 0.25) is 0 Å². The molecule has 0 aliphatic rings. The second kappa shape index (κ2) is 2.51. The molecule has 0 spiro atoms. The monoisotopic (exact) mass is 138 g/mol. The van der Waals surface area contributed by atoms with Crippen LogP contribution in [0, 0.1) is 6.92 Å². The Balaban J connectivity index is 2.95. The molecule has 1 aromatic rings. The molecule has 0 saturated carbocycles. The van der Waals surface area contributed by atoms with E-state index in [9.17, 15) is 0 Å². The Kier molecular flexibility index (Phi) is 1.71. The van der Waals surface area contributed by atoms with Gasteiger partial charge in [-0.15, -0.1) is 0 Å². The van der Waals surface area contributed by atoms with Crippen molar-refractivity contribution in [2.45, 2.75) is 13.8 Å². The van der Waals surface area contributed by atoms with Crippen LogP contribution in [-0.4, -0.2) is 14.8 Å². The van der Waals surface area contributed by atoms with Crippen LogP contribution < -0.4 is 5.73 Å². The van der Waals surface area contributed by atoms with Crippen molar-refractivity contribution in [2.75, 3.05) is 0 Å². The number of hydrogen-bond acceptors (Lipinski definition) is 3. The maximum absolute atomic E-state index is 5.53. The van der Waals surface area contributed by atoms with Crippen molar-refractivity contribution in [1.82, 2.24) is 14.8 Å². The van der Waals surface area contributed by atoms with Gasteiger partial charge in [-0.25, -0.2) is 9.67 Å². The Bertz CT molecular complexity index is 248. The van der Waals surface area contributed by atoms with Gasteiger partial charge in [0.1, 0.15) is 18.0 Å². The Morgan fingerprint density at radius 3 is 2.90 bits per heavy atom. The van der Waals surface area contributed by atoms with Gasteiger partial charge in [-0.2, -0.15) is 5.10 Å². The highest BCUT2D eigenvalue weighted by molar-refractivity contribution is 5.36. The van der Waals surface area contributed by atoms with E-state index >= 15 is 0 Å². The number of aromatic nitrogens is 3. The fourth-order valence-corrected chi connectivity index (χ4v) is 0.602. The highest BCUT2D eigenvalue weighted by Gasteiger charge is 1.94. The molecule has 54 valence electrons. The van der Waals surface area contributed by atoms with Crippen LogP contribution in [0.2, 0.25) is 0 Å². The average molecular weight is 138 g/mol. The molecule has 0 saturated heterocycles. The lowest BCUT2D eigenvalue weighted by Gasteiger charge is -1.95. The van der Waals surface area contributed by atoms with Crippen molar-refractivity contribution in [3.8, 4) is 0 Å². The van der Waals surface area contributed by atoms with E-state index < -0.39 is 0 Å². The van der Waals surface area contributed by atoms with Gasteiger partial charge in [0.15, 0.2) is 0 Å². The topological polar surface area (TPSA) is 56.7 Å². The molecule has 1 heterocycles. The first kappa shape index (κ1) is 6.80. The lowest BCUT2D eigenvalue weighted by Crippen LogP contribution is -2.06. The number of nitrogens with two attached hydrogens (primary N) is 1. The molecule has 10 heavy (non-hydrogen) atoms. The van der Waals surface area contributed by atoms with Crippen molar-refractivity contribution in [3.63, 3.8) is 0 Å². The SMILES string of the molecule is CC=C(N)n1cnc(C)n1. The van der Waals surface area contributed by atoms with Crippen molar-refractivity contribution < 1.29 is 0 Å². The van der Waals surface area contributed by atoms with Gasteiger partial charge in [0.25, 0.3) is 0 Å². The first-order chi connectivity index (χ1) is 4.74. The Hall–Kier alpha value is -1.32. The third-order valence-corrected chi connectivity index (χ3v) is 1.17. The van der Waals surface area contributed by atoms with E-state index in [2.05, 4.69) is 10.1 Å². The molecule has 1 aromatic heterocycles. The minimum atomic E-state index is 0.598. The average Bonchev–Trinajstić information content (AvgIpc) is 2.34. The summed E-state index contributed by atoms with van der Waals surface area (Å²) in [6, 6.07) is 0. The van der Waals surface area contributed by atoms with E-state index in [-0.39, 0.29) is 0 Å². The third kappa shape index (κ3) is 1.15. The second-order valence-electron chi connectivity index (χ2n) is 1.95. The number of hydrogen-bond donors (Lipinski definition) is 1. The lowest BCUT2D eigenvalue weighted by molar-refractivity contribution is 0.867. The Morgan fingerprint density at radius 1 is 1.80 bits per heavy atom. The summed E-state index contributed by atoms with van der Waals surface area (Å²) in [6.45, 7) is 3.67. The van der Waals surface area contributed by atoms with Crippen molar-refractivity contribution >= 4 is 5.82 Å². The molecule has 0 aromatic carbocycles. The van der Waals surface area contributed by atoms with Crippen LogP contribution in [0.25, 0.3) is 5.82 Å². The molecule has 4 heteroatoms. The van der Waals surface area contributed by atoms with Crippen molar-refractivity contribution in [2.24, 2.45) is 5.73 Å². The molecule has 1 rings (SSSR count). The minimum Gasteiger partial charge on any atom is -0.384 e. The van der Waals surface area contributed by atoms with Gasteiger partial charge in [0.05, 0.1) is 0 Å². The molecule has 0 atom stereocenters. The van der Waals surface area contributed by atoms with Crippen LogP contribution in [0.1, 0.15) is 12.7 Å². The largest absolute Gasteiger partial charge is 0.384 e. The van der Waals surface area contributed by atoms with Gasteiger partial charge in [-0.05, 0) is 19.9 Å². The molecular weight excluding hydrogens is 128 g/mol. The zero-order valence-electron chi connectivity index (χ0n) is 6.07. The molecule has 0 fully saturated rings. The Morgan fingerprint density at radius 2 is 2.50 bits per heavy atom. The summed E-state index contributed by atoms with van der Waals surface area (Å²) < 4.78 is 1.54. The van der Waals surface area contributed by atoms with E-state index in [1.807, 2.05) is 13.8 Å². The predicted octanol–water partition coefficient (Wildman–Crippen LogP) is 0.364. The van der Waals surface area contributed by atoms with Crippen molar-refractivity contribution in [3.05, 3.63) is 18.2 Å². The van der Waals surface area contributed by atoms with E-state index in [4.69, 9.17) is 5.73 Å². The molecule has 0 amide bonds. The van der Waals surface area contributed by atoms with Gasteiger partial charge in [-0.1, -0.05) is 0 Å². The van der Waals surface area contributed by atoms with E-state index in [0.29, 0.717) is 5.82 Å². The molecule has 0 aliphatic carbocycles. The molecule has 2 N–H and O–H groups in total. The van der Waals surface area contributed by atoms with E-state index in [1.54, 1.807) is 12.4 Å². The zero-order valence-corrected chi connectivity index (χ0v) is 6.07. The zero-order chi connectivity index (χ0) is 7.56. The Labute approximate surface area is 59.4 Å². The first-order valence-corrected chi connectivity index (χ1v) is 3.04. The number of nitrogens with zero attached hydrogens (tertiary/aromatic N) is 3. The summed E-state index contributed by atoms with van der Waals surface area (Å²) in [6.07, 6.45) is 3.36. The summed E-state index contributed by atoms with van der Waals surface area (Å²) in [5.74, 6) is 1.32. The summed E-state index contributed by atoms with van der Waals surface area (Å²) in [4.78, 5) is 3.92. The smallest absolute Gasteiger partial charge is 0.148 e. The van der Waals surface area contributed by atoms with Gasteiger partial charge in [-0.3, -0.25) is 0 Å². The number of aryl methyl sites for hydroxylation is 1. The third-order valence-electron chi connectivity index (χ3n) is 1.17. The van der Waals surface area contributed by atoms with Crippen LogP contribution in [-0.2, 0) is 0 Å². The van der Waals surface area contributed by atoms with E-state index in [1.165, 1.54) is 4.68 Å². The maximum Gasteiger partial charge on any atom is 0.148 e. The summed E-state index contributed by atoms with van der Waals surface area (Å²) in [5.41, 5.74) is 5.53. The number of allylic oxidation sites excluding steroid dienone is 1. The number of rotatable bonds is 1. The van der Waals surface area contributed by atoms with Gasteiger partial charge < -0.3 is 5.73 Å².